The summed E-state index contributed by atoms with van der Waals surface area (Å²) in [4.78, 5) is 23.3. The van der Waals surface area contributed by atoms with Gasteiger partial charge in [0.05, 0.1) is 21.3 Å². The Morgan fingerprint density at radius 3 is 2.24 bits per heavy atom. The Kier molecular flexibility index (Phi) is 9.34. The van der Waals surface area contributed by atoms with E-state index in [9.17, 15) is 18.5 Å². The zero-order chi connectivity index (χ0) is 32.3. The first-order valence-electron chi connectivity index (χ1n) is 16.3. The molecule has 0 spiro atoms. The van der Waals surface area contributed by atoms with Crippen LogP contribution in [0.1, 0.15) is 37.7 Å². The van der Waals surface area contributed by atoms with E-state index in [1.807, 2.05) is 30.3 Å². The lowest BCUT2D eigenvalue weighted by Crippen LogP contribution is -2.54. The summed E-state index contributed by atoms with van der Waals surface area (Å²) in [6.07, 6.45) is 6.85. The fourth-order valence-electron chi connectivity index (χ4n) is 7.85. The number of rotatable bonds is 9. The summed E-state index contributed by atoms with van der Waals surface area (Å²) in [6, 6.07) is 23.2. The maximum Gasteiger partial charge on any atom is 0.409 e. The summed E-state index contributed by atoms with van der Waals surface area (Å²) in [5.41, 5.74) is 1.38. The number of anilines is 1. The number of aromatic nitrogens is 1. The highest BCUT2D eigenvalue weighted by molar-refractivity contribution is 7.91. The van der Waals surface area contributed by atoms with Gasteiger partial charge in [0.2, 0.25) is 9.84 Å². The molecular formula is C36H43N5O4S. The second-order valence-corrected chi connectivity index (χ2v) is 15.2. The van der Waals surface area contributed by atoms with Crippen LogP contribution in [0.4, 0.5) is 10.5 Å². The van der Waals surface area contributed by atoms with E-state index in [-0.39, 0.29) is 33.8 Å². The van der Waals surface area contributed by atoms with E-state index in [0.29, 0.717) is 5.92 Å². The molecule has 0 bridgehead atoms. The Bertz CT molecular complexity index is 1630. The number of ether oxygens (including phenoxy) is 1. The fourth-order valence-corrected chi connectivity index (χ4v) is 9.10. The molecule has 3 heterocycles. The van der Waals surface area contributed by atoms with Gasteiger partial charge in [-0.25, -0.2) is 13.2 Å². The zero-order valence-electron chi connectivity index (χ0n) is 26.7. The summed E-state index contributed by atoms with van der Waals surface area (Å²) in [5.74, 6) is 0.683. The van der Waals surface area contributed by atoms with Crippen LogP contribution in [-0.2, 0) is 20.0 Å². The number of sulfone groups is 1. The molecule has 3 atom stereocenters. The first kappa shape index (κ1) is 32.0. The van der Waals surface area contributed by atoms with E-state index in [1.165, 1.54) is 29.4 Å². The van der Waals surface area contributed by atoms with Crippen molar-refractivity contribution in [3.63, 3.8) is 0 Å². The van der Waals surface area contributed by atoms with Crippen molar-refractivity contribution in [2.45, 2.75) is 53.4 Å². The Balaban J connectivity index is 1.07. The molecule has 1 unspecified atom stereocenters. The number of hydrogen-bond donors (Lipinski definition) is 0. The van der Waals surface area contributed by atoms with Crippen LogP contribution in [-0.4, -0.2) is 82.2 Å². The average Bonchev–Trinajstić information content (AvgIpc) is 3.53. The van der Waals surface area contributed by atoms with Crippen LogP contribution in [0.5, 0.6) is 0 Å². The average molecular weight is 642 g/mol. The van der Waals surface area contributed by atoms with Crippen molar-refractivity contribution >= 4 is 21.6 Å². The zero-order valence-corrected chi connectivity index (χ0v) is 27.5. The van der Waals surface area contributed by atoms with E-state index in [0.717, 1.165) is 76.1 Å². The Labute approximate surface area is 272 Å². The SMILES string of the molecule is CN(C)C(=O)O[C@H]1CCC[C@@H]1C(C#N)(c1ccccc1)C1CCN(CC2CN(c3ccc(S(=O)(=O)c4ccncc4)cc3)C2)CC1. The number of pyridine rings is 1. The lowest BCUT2D eigenvalue weighted by atomic mass is 9.59. The first-order chi connectivity index (χ1) is 22.2. The van der Waals surface area contributed by atoms with Gasteiger partial charge < -0.3 is 19.4 Å². The normalized spacial score (nSPS) is 22.4. The molecule has 2 aromatic carbocycles. The lowest BCUT2D eigenvalue weighted by molar-refractivity contribution is 0.0190. The highest BCUT2D eigenvalue weighted by atomic mass is 32.2. The molecule has 1 amide bonds. The molecule has 0 radical (unpaired) electrons. The maximum atomic E-state index is 12.9. The van der Waals surface area contributed by atoms with Gasteiger partial charge in [-0.1, -0.05) is 30.3 Å². The Morgan fingerprint density at radius 2 is 1.61 bits per heavy atom. The van der Waals surface area contributed by atoms with Gasteiger partial charge in [0.25, 0.3) is 0 Å². The van der Waals surface area contributed by atoms with Gasteiger partial charge in [-0.15, -0.1) is 0 Å². The standard InChI is InChI=1S/C36H43N5O4S/c1-39(2)35(42)45-34-10-6-9-33(34)36(26-37,28-7-4-3-5-8-28)29-17-21-40(22-18-29)23-27-24-41(25-27)30-11-13-31(14-12-30)46(43,44)32-15-19-38-20-16-32/h3-5,7-8,11-16,19-20,27,29,33-34H,6,9-10,17-18,21-25H2,1-2H3/t33-,34-,36?/m0/s1. The molecular weight excluding hydrogens is 598 g/mol. The minimum Gasteiger partial charge on any atom is -0.446 e. The number of piperidine rings is 1. The predicted molar refractivity (Wildman–Crippen MR) is 176 cm³/mol. The van der Waals surface area contributed by atoms with Crippen LogP contribution in [0, 0.1) is 29.1 Å². The van der Waals surface area contributed by atoms with E-state index in [2.05, 4.69) is 33.0 Å². The molecule has 3 fully saturated rings. The van der Waals surface area contributed by atoms with Crippen molar-refractivity contribution in [1.29, 1.82) is 5.26 Å². The van der Waals surface area contributed by atoms with Gasteiger partial charge in [-0.2, -0.15) is 5.26 Å². The van der Waals surface area contributed by atoms with Crippen molar-refractivity contribution in [2.24, 2.45) is 17.8 Å². The van der Waals surface area contributed by atoms with Crippen LogP contribution in [0.2, 0.25) is 0 Å². The third-order valence-electron chi connectivity index (χ3n) is 10.3. The van der Waals surface area contributed by atoms with Gasteiger partial charge in [0.1, 0.15) is 6.10 Å². The molecule has 1 saturated carbocycles. The number of nitriles is 1. The van der Waals surface area contributed by atoms with Crippen LogP contribution >= 0.6 is 0 Å². The first-order valence-corrected chi connectivity index (χ1v) is 17.8. The van der Waals surface area contributed by atoms with Gasteiger partial charge in [0, 0.05) is 63.6 Å². The largest absolute Gasteiger partial charge is 0.446 e. The number of nitrogens with zero attached hydrogens (tertiary/aromatic N) is 5. The van der Waals surface area contributed by atoms with E-state index < -0.39 is 15.3 Å². The van der Waals surface area contributed by atoms with Crippen molar-refractivity contribution in [1.82, 2.24) is 14.8 Å². The monoisotopic (exact) mass is 641 g/mol. The molecule has 46 heavy (non-hydrogen) atoms. The van der Waals surface area contributed by atoms with E-state index >= 15 is 0 Å². The molecule has 9 nitrogen and oxygen atoms in total. The Hall–Kier alpha value is -3.94. The van der Waals surface area contributed by atoms with Gasteiger partial charge in [-0.05, 0) is 93.1 Å². The minimum absolute atomic E-state index is 0.0355. The van der Waals surface area contributed by atoms with E-state index in [4.69, 9.17) is 4.74 Å². The highest BCUT2D eigenvalue weighted by Crippen LogP contribution is 2.51. The number of amides is 1. The van der Waals surface area contributed by atoms with Gasteiger partial charge >= 0.3 is 6.09 Å². The topological polar surface area (TPSA) is 107 Å². The summed E-state index contributed by atoms with van der Waals surface area (Å²) in [6.45, 7) is 4.75. The molecule has 3 aliphatic rings. The summed E-state index contributed by atoms with van der Waals surface area (Å²) < 4.78 is 31.8. The van der Waals surface area contributed by atoms with Crippen molar-refractivity contribution in [2.75, 3.05) is 51.7 Å². The molecule has 10 heteroatoms. The summed E-state index contributed by atoms with van der Waals surface area (Å²) >= 11 is 0. The molecule has 0 N–H and O–H groups in total. The smallest absolute Gasteiger partial charge is 0.409 e. The number of carbonyl (C=O) groups excluding carboxylic acids is 1. The minimum atomic E-state index is -3.56. The Morgan fingerprint density at radius 1 is 0.957 bits per heavy atom. The molecule has 6 rings (SSSR count). The molecule has 2 aliphatic heterocycles. The number of carbonyl (C=O) groups is 1. The van der Waals surface area contributed by atoms with Crippen molar-refractivity contribution in [3.8, 4) is 6.07 Å². The third kappa shape index (κ3) is 6.23. The quantitative estimate of drug-likeness (QED) is 0.306. The summed E-state index contributed by atoms with van der Waals surface area (Å²) in [7, 11) is -0.162. The van der Waals surface area contributed by atoms with Crippen LogP contribution in [0.3, 0.4) is 0 Å². The van der Waals surface area contributed by atoms with E-state index in [1.54, 1.807) is 26.2 Å². The van der Waals surface area contributed by atoms with Crippen LogP contribution in [0.15, 0.2) is 88.9 Å². The van der Waals surface area contributed by atoms with Crippen molar-refractivity contribution < 1.29 is 17.9 Å². The lowest BCUT2D eigenvalue weighted by Gasteiger charge is -2.48. The van der Waals surface area contributed by atoms with Gasteiger partial charge in [-0.3, -0.25) is 4.98 Å². The highest BCUT2D eigenvalue weighted by Gasteiger charge is 2.53. The third-order valence-corrected chi connectivity index (χ3v) is 12.1. The van der Waals surface area contributed by atoms with Crippen LogP contribution < -0.4 is 4.90 Å². The molecule has 1 aromatic heterocycles. The summed E-state index contributed by atoms with van der Waals surface area (Å²) in [5, 5.41) is 11.0. The molecule has 1 aliphatic carbocycles. The molecule has 2 saturated heterocycles. The molecule has 242 valence electrons. The van der Waals surface area contributed by atoms with Crippen molar-refractivity contribution in [3.05, 3.63) is 84.7 Å². The number of benzene rings is 2. The molecule has 3 aromatic rings. The second-order valence-electron chi connectivity index (χ2n) is 13.2. The fraction of sp³-hybridized carbons (Fsp3) is 0.472. The number of hydrogen-bond acceptors (Lipinski definition) is 8. The van der Waals surface area contributed by atoms with Gasteiger partial charge in [0.15, 0.2) is 0 Å². The second kappa shape index (κ2) is 13.4. The number of likely N-dealkylation sites (tertiary alicyclic amines) is 1. The maximum absolute atomic E-state index is 12.9. The predicted octanol–water partition coefficient (Wildman–Crippen LogP) is 5.39. The van der Waals surface area contributed by atoms with Crippen LogP contribution in [0.25, 0.3) is 0 Å².